The molecule has 0 radical (unpaired) electrons. The van der Waals surface area contributed by atoms with Crippen molar-refractivity contribution in [3.05, 3.63) is 93.5 Å². The van der Waals surface area contributed by atoms with Gasteiger partial charge < -0.3 is 14.8 Å². The van der Waals surface area contributed by atoms with E-state index in [0.717, 1.165) is 0 Å². The summed E-state index contributed by atoms with van der Waals surface area (Å²) in [7, 11) is 1.53. The molecule has 0 atom stereocenters. The first-order chi connectivity index (χ1) is 15.4. The van der Waals surface area contributed by atoms with Crippen molar-refractivity contribution in [2.75, 3.05) is 12.4 Å². The number of nitriles is 1. The number of esters is 1. The normalized spacial score (nSPS) is 10.8. The van der Waals surface area contributed by atoms with Gasteiger partial charge in [-0.3, -0.25) is 4.79 Å². The Morgan fingerprint density at radius 2 is 1.78 bits per heavy atom. The summed E-state index contributed by atoms with van der Waals surface area (Å²) in [6.07, 6.45) is 1.38. The Hall–Kier alpha value is -3.79. The molecule has 1 N–H and O–H groups in total. The third kappa shape index (κ3) is 5.88. The van der Waals surface area contributed by atoms with E-state index in [1.807, 2.05) is 6.07 Å². The van der Waals surface area contributed by atoms with E-state index in [0.29, 0.717) is 27.6 Å². The van der Waals surface area contributed by atoms with Crippen molar-refractivity contribution in [2.24, 2.45) is 0 Å². The molecule has 1 amide bonds. The number of nitrogens with one attached hydrogen (secondary N) is 1. The second kappa shape index (κ2) is 10.5. The molecular formula is C24H16Cl2N2O4. The fraction of sp³-hybridized carbons (Fsp3) is 0.0417. The average molecular weight is 467 g/mol. The number of anilines is 1. The van der Waals surface area contributed by atoms with Crippen molar-refractivity contribution in [3.8, 4) is 17.6 Å². The van der Waals surface area contributed by atoms with E-state index < -0.39 is 11.9 Å². The van der Waals surface area contributed by atoms with Crippen LogP contribution in [0.2, 0.25) is 10.0 Å². The zero-order valence-electron chi connectivity index (χ0n) is 16.8. The number of methoxy groups -OCH3 is 1. The predicted molar refractivity (Wildman–Crippen MR) is 123 cm³/mol. The Balaban J connectivity index is 1.73. The van der Waals surface area contributed by atoms with Gasteiger partial charge in [0.05, 0.1) is 17.7 Å². The van der Waals surface area contributed by atoms with Gasteiger partial charge in [-0.1, -0.05) is 35.3 Å². The van der Waals surface area contributed by atoms with Crippen LogP contribution in [0.1, 0.15) is 15.9 Å². The maximum atomic E-state index is 12.4. The largest absolute Gasteiger partial charge is 0.497 e. The summed E-state index contributed by atoms with van der Waals surface area (Å²) >= 11 is 12.1. The average Bonchev–Trinajstić information content (AvgIpc) is 2.79. The van der Waals surface area contributed by atoms with Gasteiger partial charge in [0.25, 0.3) is 5.91 Å². The Morgan fingerprint density at radius 3 is 2.41 bits per heavy atom. The molecule has 3 aromatic carbocycles. The zero-order valence-corrected chi connectivity index (χ0v) is 18.3. The van der Waals surface area contributed by atoms with Gasteiger partial charge in [0.2, 0.25) is 0 Å². The number of carbonyl (C=O) groups is 2. The Labute approximate surface area is 194 Å². The molecule has 160 valence electrons. The number of hydrogen-bond donors (Lipinski definition) is 1. The van der Waals surface area contributed by atoms with Gasteiger partial charge in [-0.15, -0.1) is 0 Å². The third-order valence-corrected chi connectivity index (χ3v) is 4.77. The van der Waals surface area contributed by atoms with Crippen LogP contribution < -0.4 is 14.8 Å². The molecule has 8 heteroatoms. The SMILES string of the molecule is COc1ccc(C(=O)Oc2ccc(/C=C(\C#N)C(=O)Nc3cccc(Cl)c3)cc2Cl)cc1. The number of halogens is 2. The van der Waals surface area contributed by atoms with Crippen LogP contribution in [0.5, 0.6) is 11.5 Å². The van der Waals surface area contributed by atoms with Crippen LogP contribution in [-0.4, -0.2) is 19.0 Å². The number of nitrogens with zero attached hydrogens (tertiary/aromatic N) is 1. The van der Waals surface area contributed by atoms with Crippen molar-refractivity contribution in [2.45, 2.75) is 0 Å². The molecule has 6 nitrogen and oxygen atoms in total. The standard InChI is InChI=1S/C24H16Cl2N2O4/c1-31-20-8-6-16(7-9-20)24(30)32-22-10-5-15(12-21(22)26)11-17(14-27)23(29)28-19-4-2-3-18(25)13-19/h2-13H,1H3,(H,28,29)/b17-11+. The molecule has 0 aliphatic heterocycles. The van der Waals surface area contributed by atoms with Crippen molar-refractivity contribution in [3.63, 3.8) is 0 Å². The van der Waals surface area contributed by atoms with Crippen LogP contribution in [0.4, 0.5) is 5.69 Å². The molecule has 0 bridgehead atoms. The summed E-state index contributed by atoms with van der Waals surface area (Å²) in [4.78, 5) is 24.7. The lowest BCUT2D eigenvalue weighted by Gasteiger charge is -2.08. The van der Waals surface area contributed by atoms with E-state index in [4.69, 9.17) is 32.7 Å². The van der Waals surface area contributed by atoms with Gasteiger partial charge in [-0.2, -0.15) is 5.26 Å². The summed E-state index contributed by atoms with van der Waals surface area (Å²) in [5.74, 6) is -0.424. The minimum absolute atomic E-state index is 0.135. The Bertz CT molecular complexity index is 1230. The highest BCUT2D eigenvalue weighted by atomic mass is 35.5. The lowest BCUT2D eigenvalue weighted by Crippen LogP contribution is -2.13. The number of benzene rings is 3. The molecule has 0 saturated heterocycles. The van der Waals surface area contributed by atoms with Gasteiger partial charge in [0, 0.05) is 10.7 Å². The minimum atomic E-state index is -0.596. The van der Waals surface area contributed by atoms with E-state index in [-0.39, 0.29) is 16.3 Å². The maximum absolute atomic E-state index is 12.4. The van der Waals surface area contributed by atoms with Gasteiger partial charge in [0.15, 0.2) is 0 Å². The molecule has 0 spiro atoms. The molecule has 3 rings (SSSR count). The second-order valence-electron chi connectivity index (χ2n) is 6.44. The van der Waals surface area contributed by atoms with Crippen molar-refractivity contribution in [1.82, 2.24) is 0 Å². The maximum Gasteiger partial charge on any atom is 0.343 e. The quantitative estimate of drug-likeness (QED) is 0.215. The Kier molecular flexibility index (Phi) is 7.50. The van der Waals surface area contributed by atoms with Gasteiger partial charge in [0.1, 0.15) is 23.1 Å². The van der Waals surface area contributed by atoms with Crippen LogP contribution >= 0.6 is 23.2 Å². The van der Waals surface area contributed by atoms with Crippen LogP contribution in [0.3, 0.4) is 0 Å². The molecule has 0 aromatic heterocycles. The highest BCUT2D eigenvalue weighted by molar-refractivity contribution is 6.32. The molecule has 0 fully saturated rings. The van der Waals surface area contributed by atoms with Crippen LogP contribution in [-0.2, 0) is 4.79 Å². The van der Waals surface area contributed by atoms with Crippen LogP contribution in [0.25, 0.3) is 6.08 Å². The van der Waals surface area contributed by atoms with Crippen molar-refractivity contribution < 1.29 is 19.1 Å². The number of amides is 1. The number of hydrogen-bond acceptors (Lipinski definition) is 5. The van der Waals surface area contributed by atoms with E-state index in [1.54, 1.807) is 54.6 Å². The number of carbonyl (C=O) groups excluding carboxylic acids is 2. The number of rotatable bonds is 6. The predicted octanol–water partition coefficient (Wildman–Crippen LogP) is 5.77. The van der Waals surface area contributed by atoms with Gasteiger partial charge in [-0.25, -0.2) is 4.79 Å². The summed E-state index contributed by atoms with van der Waals surface area (Å²) in [6, 6.07) is 19.4. The lowest BCUT2D eigenvalue weighted by atomic mass is 10.1. The topological polar surface area (TPSA) is 88.4 Å². The molecule has 32 heavy (non-hydrogen) atoms. The molecule has 0 unspecified atom stereocenters. The summed E-state index contributed by atoms with van der Waals surface area (Å²) in [5.41, 5.74) is 1.14. The first kappa shape index (κ1) is 22.9. The van der Waals surface area contributed by atoms with Crippen molar-refractivity contribution in [1.29, 1.82) is 5.26 Å². The summed E-state index contributed by atoms with van der Waals surface area (Å²) < 4.78 is 10.4. The van der Waals surface area contributed by atoms with E-state index in [9.17, 15) is 14.9 Å². The van der Waals surface area contributed by atoms with Crippen molar-refractivity contribution >= 4 is 46.8 Å². The lowest BCUT2D eigenvalue weighted by molar-refractivity contribution is -0.112. The smallest absolute Gasteiger partial charge is 0.343 e. The molecule has 0 saturated carbocycles. The van der Waals surface area contributed by atoms with E-state index >= 15 is 0 Å². The first-order valence-electron chi connectivity index (χ1n) is 9.24. The second-order valence-corrected chi connectivity index (χ2v) is 7.29. The molecule has 0 aliphatic carbocycles. The molecule has 3 aromatic rings. The minimum Gasteiger partial charge on any atom is -0.497 e. The molecular weight excluding hydrogens is 451 g/mol. The van der Waals surface area contributed by atoms with E-state index in [1.165, 1.54) is 25.3 Å². The highest BCUT2D eigenvalue weighted by Crippen LogP contribution is 2.28. The summed E-state index contributed by atoms with van der Waals surface area (Å²) in [5, 5.41) is 12.6. The monoisotopic (exact) mass is 466 g/mol. The zero-order chi connectivity index (χ0) is 23.1. The summed E-state index contributed by atoms with van der Waals surface area (Å²) in [6.45, 7) is 0. The van der Waals surface area contributed by atoms with Gasteiger partial charge in [-0.05, 0) is 66.2 Å². The van der Waals surface area contributed by atoms with E-state index in [2.05, 4.69) is 5.32 Å². The third-order valence-electron chi connectivity index (χ3n) is 4.24. The fourth-order valence-corrected chi connectivity index (χ4v) is 3.07. The highest BCUT2D eigenvalue weighted by Gasteiger charge is 2.13. The number of ether oxygens (including phenoxy) is 2. The Morgan fingerprint density at radius 1 is 1.03 bits per heavy atom. The molecule has 0 aliphatic rings. The first-order valence-corrected chi connectivity index (χ1v) is 9.99. The van der Waals surface area contributed by atoms with Crippen LogP contribution in [0.15, 0.2) is 72.3 Å². The fourth-order valence-electron chi connectivity index (χ4n) is 2.66. The molecule has 0 heterocycles. The van der Waals surface area contributed by atoms with Crippen LogP contribution in [0, 0.1) is 11.3 Å². The van der Waals surface area contributed by atoms with Gasteiger partial charge >= 0.3 is 5.97 Å².